The van der Waals surface area contributed by atoms with Crippen LogP contribution in [0.15, 0.2) is 66.0 Å². The van der Waals surface area contributed by atoms with Gasteiger partial charge in [-0.3, -0.25) is 14.9 Å². The molecule has 0 bridgehead atoms. The molecule has 1 amide bonds. The van der Waals surface area contributed by atoms with E-state index in [1.807, 2.05) is 61.5 Å². The van der Waals surface area contributed by atoms with E-state index in [0.29, 0.717) is 11.0 Å². The Morgan fingerprint density at radius 3 is 2.76 bits per heavy atom. The second-order valence-corrected chi connectivity index (χ2v) is 7.63. The molecule has 2 aromatic heterocycles. The van der Waals surface area contributed by atoms with Crippen molar-refractivity contribution < 1.29 is 9.53 Å². The number of anilines is 1. The fourth-order valence-electron chi connectivity index (χ4n) is 2.84. The number of aromatic amines is 1. The van der Waals surface area contributed by atoms with Crippen molar-refractivity contribution in [2.75, 3.05) is 12.4 Å². The van der Waals surface area contributed by atoms with Crippen LogP contribution in [0.4, 0.5) is 5.69 Å². The Labute approximate surface area is 171 Å². The molecule has 4 aromatic rings. The molecule has 0 aliphatic carbocycles. The average Bonchev–Trinajstić information content (AvgIpc) is 3.22. The third-order valence-electron chi connectivity index (χ3n) is 4.38. The molecule has 8 heteroatoms. The zero-order valence-corrected chi connectivity index (χ0v) is 16.7. The highest BCUT2D eigenvalue weighted by atomic mass is 32.2. The van der Waals surface area contributed by atoms with Crippen LogP contribution in [-0.4, -0.2) is 38.4 Å². The Kier molecular flexibility index (Phi) is 5.44. The van der Waals surface area contributed by atoms with Gasteiger partial charge in [0.05, 0.1) is 23.6 Å². The van der Waals surface area contributed by atoms with Gasteiger partial charge < -0.3 is 10.1 Å². The fourth-order valence-corrected chi connectivity index (χ4v) is 3.56. The SMILES string of the molecule is COc1ccc(-c2nc(S[C@H](C)C(=O)Nc3cccc4ncccc34)n[nH]2)cc1. The highest BCUT2D eigenvalue weighted by Crippen LogP contribution is 2.26. The number of rotatable bonds is 6. The number of thioether (sulfide) groups is 1. The number of nitrogens with zero attached hydrogens (tertiary/aromatic N) is 3. The van der Waals surface area contributed by atoms with Gasteiger partial charge in [-0.05, 0) is 55.5 Å². The maximum absolute atomic E-state index is 12.7. The largest absolute Gasteiger partial charge is 0.497 e. The van der Waals surface area contributed by atoms with Crippen LogP contribution >= 0.6 is 11.8 Å². The van der Waals surface area contributed by atoms with Gasteiger partial charge in [0.2, 0.25) is 11.1 Å². The lowest BCUT2D eigenvalue weighted by molar-refractivity contribution is -0.115. The normalized spacial score (nSPS) is 11.9. The van der Waals surface area contributed by atoms with E-state index in [0.717, 1.165) is 27.9 Å². The van der Waals surface area contributed by atoms with Gasteiger partial charge in [0.1, 0.15) is 5.75 Å². The first-order valence-corrected chi connectivity index (χ1v) is 9.90. The summed E-state index contributed by atoms with van der Waals surface area (Å²) in [7, 11) is 1.62. The summed E-state index contributed by atoms with van der Waals surface area (Å²) in [6.07, 6.45) is 1.73. The minimum atomic E-state index is -0.374. The predicted octanol–water partition coefficient (Wildman–Crippen LogP) is 4.15. The third kappa shape index (κ3) is 4.22. The van der Waals surface area contributed by atoms with Crippen molar-refractivity contribution in [1.82, 2.24) is 20.2 Å². The zero-order chi connectivity index (χ0) is 20.2. The first-order valence-electron chi connectivity index (χ1n) is 9.02. The van der Waals surface area contributed by atoms with E-state index in [-0.39, 0.29) is 11.2 Å². The number of hydrogen-bond donors (Lipinski definition) is 2. The number of amides is 1. The highest BCUT2D eigenvalue weighted by Gasteiger charge is 2.18. The fraction of sp³-hybridized carbons (Fsp3) is 0.143. The maximum Gasteiger partial charge on any atom is 0.237 e. The summed E-state index contributed by atoms with van der Waals surface area (Å²) in [6, 6.07) is 17.0. The Morgan fingerprint density at radius 2 is 1.97 bits per heavy atom. The number of fused-ring (bicyclic) bond motifs is 1. The summed E-state index contributed by atoms with van der Waals surface area (Å²) < 4.78 is 5.17. The number of carbonyl (C=O) groups excluding carboxylic acids is 1. The van der Waals surface area contributed by atoms with E-state index in [9.17, 15) is 4.79 Å². The van der Waals surface area contributed by atoms with E-state index < -0.39 is 0 Å². The number of nitrogens with one attached hydrogen (secondary N) is 2. The van der Waals surface area contributed by atoms with E-state index >= 15 is 0 Å². The summed E-state index contributed by atoms with van der Waals surface area (Å²) in [5.74, 6) is 1.29. The second kappa shape index (κ2) is 8.32. The van der Waals surface area contributed by atoms with Gasteiger partial charge >= 0.3 is 0 Å². The number of hydrogen-bond acceptors (Lipinski definition) is 6. The lowest BCUT2D eigenvalue weighted by Crippen LogP contribution is -2.22. The summed E-state index contributed by atoms with van der Waals surface area (Å²) >= 11 is 1.29. The molecule has 0 saturated carbocycles. The maximum atomic E-state index is 12.7. The summed E-state index contributed by atoms with van der Waals surface area (Å²) in [4.78, 5) is 21.5. The van der Waals surface area contributed by atoms with E-state index in [4.69, 9.17) is 4.74 Å². The minimum absolute atomic E-state index is 0.123. The van der Waals surface area contributed by atoms with Gasteiger partial charge in [0.25, 0.3) is 0 Å². The van der Waals surface area contributed by atoms with Crippen LogP contribution in [0.5, 0.6) is 5.75 Å². The van der Waals surface area contributed by atoms with Gasteiger partial charge in [-0.25, -0.2) is 4.98 Å². The molecule has 2 N–H and O–H groups in total. The molecule has 0 saturated heterocycles. The molecule has 0 aliphatic heterocycles. The Balaban J connectivity index is 1.44. The number of pyridine rings is 1. The number of H-pyrrole nitrogens is 1. The highest BCUT2D eigenvalue weighted by molar-refractivity contribution is 8.00. The van der Waals surface area contributed by atoms with E-state index in [1.165, 1.54) is 11.8 Å². The number of benzene rings is 2. The summed E-state index contributed by atoms with van der Waals surface area (Å²) in [5.41, 5.74) is 2.47. The van der Waals surface area contributed by atoms with Crippen molar-refractivity contribution in [3.05, 3.63) is 60.8 Å². The molecule has 2 heterocycles. The zero-order valence-electron chi connectivity index (χ0n) is 15.9. The smallest absolute Gasteiger partial charge is 0.237 e. The van der Waals surface area contributed by atoms with Gasteiger partial charge in [-0.15, -0.1) is 5.10 Å². The number of carbonyl (C=O) groups is 1. The summed E-state index contributed by atoms with van der Waals surface area (Å²) in [5, 5.41) is 11.2. The Hall–Kier alpha value is -3.39. The molecule has 0 unspecified atom stereocenters. The Morgan fingerprint density at radius 1 is 1.14 bits per heavy atom. The minimum Gasteiger partial charge on any atom is -0.497 e. The lowest BCUT2D eigenvalue weighted by Gasteiger charge is -2.12. The van der Waals surface area contributed by atoms with E-state index in [2.05, 4.69) is 25.5 Å². The van der Waals surface area contributed by atoms with Gasteiger partial charge in [0, 0.05) is 17.1 Å². The molecule has 2 aromatic carbocycles. The van der Waals surface area contributed by atoms with Crippen molar-refractivity contribution >= 4 is 34.3 Å². The number of methoxy groups -OCH3 is 1. The van der Waals surface area contributed by atoms with Crippen LogP contribution in [0, 0.1) is 0 Å². The summed E-state index contributed by atoms with van der Waals surface area (Å²) in [6.45, 7) is 1.83. The molecule has 146 valence electrons. The standard InChI is InChI=1S/C21H19N5O2S/c1-13(20(27)23-18-7-3-6-17-16(18)5-4-12-22-17)29-21-24-19(25-26-21)14-8-10-15(28-2)11-9-14/h3-13H,1-2H3,(H,23,27)(H,24,25,26)/t13-/m1/s1. The first kappa shape index (κ1) is 18.9. The first-order chi connectivity index (χ1) is 14.1. The molecule has 1 atom stereocenters. The third-order valence-corrected chi connectivity index (χ3v) is 5.34. The molecular formula is C21H19N5O2S. The molecular weight excluding hydrogens is 386 g/mol. The number of aromatic nitrogens is 4. The van der Waals surface area contributed by atoms with Crippen LogP contribution in [0.25, 0.3) is 22.3 Å². The number of ether oxygens (including phenoxy) is 1. The van der Waals surface area contributed by atoms with Crippen molar-refractivity contribution in [3.8, 4) is 17.1 Å². The topological polar surface area (TPSA) is 92.8 Å². The van der Waals surface area contributed by atoms with Crippen LogP contribution in [-0.2, 0) is 4.79 Å². The van der Waals surface area contributed by atoms with Crippen LogP contribution in [0.2, 0.25) is 0 Å². The molecule has 0 spiro atoms. The molecule has 4 rings (SSSR count). The van der Waals surface area contributed by atoms with Crippen molar-refractivity contribution in [1.29, 1.82) is 0 Å². The molecule has 0 aliphatic rings. The molecule has 0 radical (unpaired) electrons. The van der Waals surface area contributed by atoms with Gasteiger partial charge in [0.15, 0.2) is 5.82 Å². The van der Waals surface area contributed by atoms with Crippen molar-refractivity contribution in [2.45, 2.75) is 17.3 Å². The molecule has 7 nitrogen and oxygen atoms in total. The predicted molar refractivity (Wildman–Crippen MR) is 114 cm³/mol. The van der Waals surface area contributed by atoms with Gasteiger partial charge in [-0.2, -0.15) is 0 Å². The average molecular weight is 405 g/mol. The van der Waals surface area contributed by atoms with Crippen LogP contribution in [0.3, 0.4) is 0 Å². The van der Waals surface area contributed by atoms with Crippen LogP contribution < -0.4 is 10.1 Å². The van der Waals surface area contributed by atoms with Crippen LogP contribution in [0.1, 0.15) is 6.92 Å². The van der Waals surface area contributed by atoms with Crippen molar-refractivity contribution in [3.63, 3.8) is 0 Å². The molecule has 0 fully saturated rings. The lowest BCUT2D eigenvalue weighted by atomic mass is 10.2. The monoisotopic (exact) mass is 405 g/mol. The molecule has 29 heavy (non-hydrogen) atoms. The second-order valence-electron chi connectivity index (χ2n) is 6.32. The van der Waals surface area contributed by atoms with E-state index in [1.54, 1.807) is 13.3 Å². The quantitative estimate of drug-likeness (QED) is 0.468. The Bertz CT molecular complexity index is 1140. The van der Waals surface area contributed by atoms with Crippen molar-refractivity contribution in [2.24, 2.45) is 0 Å². The van der Waals surface area contributed by atoms with Gasteiger partial charge in [-0.1, -0.05) is 17.8 Å².